The first-order valence-electron chi connectivity index (χ1n) is 7.25. The molecular weight excluding hydrogens is 254 g/mol. The van der Waals surface area contributed by atoms with Gasteiger partial charge in [0.1, 0.15) is 6.61 Å². The number of ether oxygens (including phenoxy) is 2. The largest absolute Gasteiger partial charge is 0.445 e. The lowest BCUT2D eigenvalue weighted by Gasteiger charge is -2.24. The molecular formula is C16H23NO3. The summed E-state index contributed by atoms with van der Waals surface area (Å²) in [5.74, 6) is 0.674. The Hall–Kier alpha value is -1.55. The Morgan fingerprint density at radius 3 is 2.70 bits per heavy atom. The lowest BCUT2D eigenvalue weighted by Crippen LogP contribution is -2.30. The Bertz CT molecular complexity index is 401. The summed E-state index contributed by atoms with van der Waals surface area (Å²) in [5, 5.41) is 0. The second-order valence-electron chi connectivity index (χ2n) is 5.31. The smallest absolute Gasteiger partial charge is 0.409 e. The van der Waals surface area contributed by atoms with Crippen molar-refractivity contribution >= 4 is 6.09 Å². The quantitative estimate of drug-likeness (QED) is 0.830. The highest BCUT2D eigenvalue weighted by Crippen LogP contribution is 2.18. The molecule has 0 N–H and O–H groups in total. The van der Waals surface area contributed by atoms with E-state index >= 15 is 0 Å². The maximum absolute atomic E-state index is 11.9. The number of benzene rings is 1. The molecule has 1 heterocycles. The molecule has 0 aromatic heterocycles. The summed E-state index contributed by atoms with van der Waals surface area (Å²) in [7, 11) is 1.80. The summed E-state index contributed by atoms with van der Waals surface area (Å²) in [6, 6.07) is 9.74. The maximum Gasteiger partial charge on any atom is 0.409 e. The number of carbonyl (C=O) groups is 1. The molecule has 110 valence electrons. The van der Waals surface area contributed by atoms with Gasteiger partial charge >= 0.3 is 6.09 Å². The summed E-state index contributed by atoms with van der Waals surface area (Å²) >= 11 is 0. The van der Waals surface area contributed by atoms with Crippen molar-refractivity contribution in [2.24, 2.45) is 5.92 Å². The summed E-state index contributed by atoms with van der Waals surface area (Å²) in [5.41, 5.74) is 1.01. The van der Waals surface area contributed by atoms with Gasteiger partial charge in [0.25, 0.3) is 0 Å². The van der Waals surface area contributed by atoms with Gasteiger partial charge in [-0.3, -0.25) is 0 Å². The average molecular weight is 277 g/mol. The molecule has 2 rings (SSSR count). The van der Waals surface area contributed by atoms with E-state index in [-0.39, 0.29) is 6.09 Å². The highest BCUT2D eigenvalue weighted by molar-refractivity contribution is 5.67. The van der Waals surface area contributed by atoms with Crippen molar-refractivity contribution in [3.8, 4) is 0 Å². The van der Waals surface area contributed by atoms with Crippen LogP contribution in [0.1, 0.15) is 24.8 Å². The van der Waals surface area contributed by atoms with Crippen LogP contribution in [0.2, 0.25) is 0 Å². The van der Waals surface area contributed by atoms with Crippen molar-refractivity contribution in [1.29, 1.82) is 0 Å². The van der Waals surface area contributed by atoms with Crippen molar-refractivity contribution in [2.75, 3.05) is 26.8 Å². The van der Waals surface area contributed by atoms with Gasteiger partial charge in [0, 0.05) is 26.8 Å². The molecule has 1 fully saturated rings. The van der Waals surface area contributed by atoms with Gasteiger partial charge in [0.05, 0.1) is 0 Å². The fourth-order valence-corrected chi connectivity index (χ4v) is 2.33. The van der Waals surface area contributed by atoms with Crippen LogP contribution in [0.4, 0.5) is 4.79 Å². The van der Waals surface area contributed by atoms with E-state index in [2.05, 4.69) is 0 Å². The monoisotopic (exact) mass is 277 g/mol. The summed E-state index contributed by atoms with van der Waals surface area (Å²) in [4.78, 5) is 13.5. The maximum atomic E-state index is 11.9. The van der Waals surface area contributed by atoms with Crippen LogP contribution in [0.5, 0.6) is 0 Å². The normalized spacial score (nSPS) is 15.8. The van der Waals surface area contributed by atoms with E-state index in [1.807, 2.05) is 30.3 Å². The van der Waals surface area contributed by atoms with Gasteiger partial charge in [-0.1, -0.05) is 30.3 Å². The molecule has 4 heteroatoms. The lowest BCUT2D eigenvalue weighted by molar-refractivity contribution is 0.0588. The standard InChI is InChI=1S/C16H23NO3/c1-17(10-7-14-8-11-19-12-9-14)16(18)20-13-15-5-3-2-4-6-15/h2-6,14H,7-13H2,1H3. The molecule has 1 aromatic carbocycles. The molecule has 0 atom stereocenters. The third-order valence-corrected chi connectivity index (χ3v) is 3.73. The zero-order chi connectivity index (χ0) is 14.2. The van der Waals surface area contributed by atoms with Crippen LogP contribution >= 0.6 is 0 Å². The molecule has 0 aliphatic carbocycles. The second-order valence-corrected chi connectivity index (χ2v) is 5.31. The first-order valence-corrected chi connectivity index (χ1v) is 7.25. The third-order valence-electron chi connectivity index (χ3n) is 3.73. The minimum absolute atomic E-state index is 0.249. The van der Waals surface area contributed by atoms with Crippen LogP contribution in [-0.2, 0) is 16.1 Å². The minimum atomic E-state index is -0.249. The van der Waals surface area contributed by atoms with Gasteiger partial charge in [0.2, 0.25) is 0 Å². The number of nitrogens with zero attached hydrogens (tertiary/aromatic N) is 1. The Morgan fingerprint density at radius 2 is 2.00 bits per heavy atom. The van der Waals surface area contributed by atoms with Gasteiger partial charge in [-0.25, -0.2) is 4.79 Å². The minimum Gasteiger partial charge on any atom is -0.445 e. The van der Waals surface area contributed by atoms with E-state index in [9.17, 15) is 4.79 Å². The van der Waals surface area contributed by atoms with Gasteiger partial charge in [0.15, 0.2) is 0 Å². The molecule has 20 heavy (non-hydrogen) atoms. The SMILES string of the molecule is CN(CCC1CCOCC1)C(=O)OCc1ccccc1. The van der Waals surface area contributed by atoms with Crippen molar-refractivity contribution in [2.45, 2.75) is 25.9 Å². The lowest BCUT2D eigenvalue weighted by atomic mass is 9.96. The van der Waals surface area contributed by atoms with E-state index in [1.54, 1.807) is 11.9 Å². The van der Waals surface area contributed by atoms with Crippen LogP contribution in [0.15, 0.2) is 30.3 Å². The van der Waals surface area contributed by atoms with E-state index in [1.165, 1.54) is 0 Å². The number of rotatable bonds is 5. The first-order chi connectivity index (χ1) is 9.75. The Labute approximate surface area is 120 Å². The molecule has 1 amide bonds. The summed E-state index contributed by atoms with van der Waals surface area (Å²) < 4.78 is 10.6. The van der Waals surface area contributed by atoms with Crippen LogP contribution in [0.25, 0.3) is 0 Å². The predicted octanol–water partition coefficient (Wildman–Crippen LogP) is 3.07. The zero-order valence-electron chi connectivity index (χ0n) is 12.1. The van der Waals surface area contributed by atoms with Crippen LogP contribution in [0.3, 0.4) is 0 Å². The summed E-state index contributed by atoms with van der Waals surface area (Å²) in [6.45, 7) is 2.79. The van der Waals surface area contributed by atoms with E-state index in [4.69, 9.17) is 9.47 Å². The Balaban J connectivity index is 1.66. The zero-order valence-corrected chi connectivity index (χ0v) is 12.1. The Kier molecular flexibility index (Phi) is 5.87. The molecule has 0 radical (unpaired) electrons. The number of carbonyl (C=O) groups excluding carboxylic acids is 1. The van der Waals surface area contributed by atoms with E-state index < -0.39 is 0 Å². The predicted molar refractivity (Wildman–Crippen MR) is 77.4 cm³/mol. The van der Waals surface area contributed by atoms with E-state index in [0.717, 1.165) is 44.6 Å². The molecule has 0 unspecified atom stereocenters. The molecule has 0 bridgehead atoms. The highest BCUT2D eigenvalue weighted by atomic mass is 16.6. The molecule has 1 saturated heterocycles. The molecule has 1 aliphatic rings. The van der Waals surface area contributed by atoms with Crippen molar-refractivity contribution in [3.63, 3.8) is 0 Å². The van der Waals surface area contributed by atoms with Gasteiger partial charge in [-0.2, -0.15) is 0 Å². The van der Waals surface area contributed by atoms with E-state index in [0.29, 0.717) is 12.5 Å². The fourth-order valence-electron chi connectivity index (χ4n) is 2.33. The van der Waals surface area contributed by atoms with Crippen LogP contribution < -0.4 is 0 Å². The first kappa shape index (κ1) is 14.9. The molecule has 1 aromatic rings. The number of hydrogen-bond donors (Lipinski definition) is 0. The average Bonchev–Trinajstić information content (AvgIpc) is 2.52. The van der Waals surface area contributed by atoms with Crippen LogP contribution in [0, 0.1) is 5.92 Å². The van der Waals surface area contributed by atoms with Gasteiger partial charge in [-0.05, 0) is 30.7 Å². The van der Waals surface area contributed by atoms with Crippen molar-refractivity contribution in [3.05, 3.63) is 35.9 Å². The Morgan fingerprint density at radius 1 is 1.30 bits per heavy atom. The van der Waals surface area contributed by atoms with Crippen LogP contribution in [-0.4, -0.2) is 37.8 Å². The van der Waals surface area contributed by atoms with Gasteiger partial charge < -0.3 is 14.4 Å². The fraction of sp³-hybridized carbons (Fsp3) is 0.562. The van der Waals surface area contributed by atoms with Crippen molar-refractivity contribution < 1.29 is 14.3 Å². The topological polar surface area (TPSA) is 38.8 Å². The molecule has 4 nitrogen and oxygen atoms in total. The highest BCUT2D eigenvalue weighted by Gasteiger charge is 2.16. The molecule has 1 aliphatic heterocycles. The summed E-state index contributed by atoms with van der Waals surface area (Å²) in [6.07, 6.45) is 2.99. The molecule has 0 spiro atoms. The number of hydrogen-bond acceptors (Lipinski definition) is 3. The third kappa shape index (κ3) is 4.85. The number of amides is 1. The van der Waals surface area contributed by atoms with Crippen molar-refractivity contribution in [1.82, 2.24) is 4.90 Å². The second kappa shape index (κ2) is 7.90. The van der Waals surface area contributed by atoms with Gasteiger partial charge in [-0.15, -0.1) is 0 Å². The molecule has 0 saturated carbocycles.